The van der Waals surface area contributed by atoms with Crippen LogP contribution in [0, 0.1) is 5.82 Å². The van der Waals surface area contributed by atoms with Crippen molar-refractivity contribution in [3.8, 4) is 5.88 Å². The van der Waals surface area contributed by atoms with Gasteiger partial charge in [-0.15, -0.1) is 0 Å². The second-order valence-corrected chi connectivity index (χ2v) is 4.37. The minimum absolute atomic E-state index is 0.263. The van der Waals surface area contributed by atoms with Gasteiger partial charge >= 0.3 is 0 Å². The van der Waals surface area contributed by atoms with E-state index in [9.17, 15) is 4.39 Å². The van der Waals surface area contributed by atoms with Crippen LogP contribution in [-0.4, -0.2) is 12.1 Å². The predicted octanol–water partition coefficient (Wildman–Crippen LogP) is 2.96. The summed E-state index contributed by atoms with van der Waals surface area (Å²) in [7, 11) is 1.55. The van der Waals surface area contributed by atoms with Gasteiger partial charge in [-0.2, -0.15) is 0 Å². The lowest BCUT2D eigenvalue weighted by molar-refractivity contribution is 0.395. The molecule has 0 unspecified atom stereocenters. The molecule has 0 spiro atoms. The first-order valence-corrected chi connectivity index (χ1v) is 5.74. The molecule has 1 aromatic carbocycles. The Balaban J connectivity index is 2.25. The maximum absolute atomic E-state index is 12.8. The monoisotopic (exact) mass is 250 g/mol. The number of anilines is 1. The molecule has 88 valence electrons. The van der Waals surface area contributed by atoms with Gasteiger partial charge in [0.25, 0.3) is 0 Å². The van der Waals surface area contributed by atoms with Crippen LogP contribution in [0.25, 0.3) is 0 Å². The molecular formula is C12H11FN2OS. The molecule has 1 heterocycles. The van der Waals surface area contributed by atoms with E-state index in [0.29, 0.717) is 16.6 Å². The molecule has 0 aliphatic carbocycles. The van der Waals surface area contributed by atoms with E-state index in [1.54, 1.807) is 31.4 Å². The summed E-state index contributed by atoms with van der Waals surface area (Å²) < 4.78 is 17.8. The number of rotatable bonds is 3. The van der Waals surface area contributed by atoms with Gasteiger partial charge in [-0.1, -0.05) is 11.8 Å². The fourth-order valence-corrected chi connectivity index (χ4v) is 2.06. The molecular weight excluding hydrogens is 239 g/mol. The molecule has 0 bridgehead atoms. The topological polar surface area (TPSA) is 48.1 Å². The van der Waals surface area contributed by atoms with Gasteiger partial charge in [0.1, 0.15) is 10.8 Å². The molecule has 1 aromatic heterocycles. The number of hydrogen-bond acceptors (Lipinski definition) is 4. The molecule has 0 fully saturated rings. The average molecular weight is 250 g/mol. The lowest BCUT2D eigenvalue weighted by Gasteiger charge is -2.06. The molecule has 17 heavy (non-hydrogen) atoms. The molecule has 0 atom stereocenters. The van der Waals surface area contributed by atoms with Gasteiger partial charge in [-0.3, -0.25) is 0 Å². The van der Waals surface area contributed by atoms with E-state index in [1.165, 1.54) is 23.9 Å². The number of benzene rings is 1. The fraction of sp³-hybridized carbons (Fsp3) is 0.0833. The average Bonchev–Trinajstić information content (AvgIpc) is 2.35. The van der Waals surface area contributed by atoms with Crippen molar-refractivity contribution in [2.75, 3.05) is 12.8 Å². The van der Waals surface area contributed by atoms with E-state index in [1.807, 2.05) is 0 Å². The molecule has 0 saturated carbocycles. The third kappa shape index (κ3) is 2.88. The lowest BCUT2D eigenvalue weighted by atomic mass is 10.4. The fourth-order valence-electron chi connectivity index (χ4n) is 1.24. The quantitative estimate of drug-likeness (QED) is 0.909. The number of nitrogens with zero attached hydrogens (tertiary/aromatic N) is 1. The van der Waals surface area contributed by atoms with Gasteiger partial charge in [-0.25, -0.2) is 9.37 Å². The lowest BCUT2D eigenvalue weighted by Crippen LogP contribution is -1.94. The second-order valence-electron chi connectivity index (χ2n) is 3.30. The summed E-state index contributed by atoms with van der Waals surface area (Å²) in [6.45, 7) is 0. The molecule has 0 amide bonds. The molecule has 5 heteroatoms. The Morgan fingerprint density at radius 3 is 2.53 bits per heavy atom. The molecule has 0 saturated heterocycles. The smallest absolute Gasteiger partial charge is 0.214 e. The number of pyridine rings is 1. The minimum atomic E-state index is -0.263. The van der Waals surface area contributed by atoms with E-state index in [2.05, 4.69) is 4.98 Å². The Kier molecular flexibility index (Phi) is 3.49. The maximum atomic E-state index is 12.8. The maximum Gasteiger partial charge on any atom is 0.214 e. The van der Waals surface area contributed by atoms with Crippen molar-refractivity contribution >= 4 is 17.4 Å². The number of hydrogen-bond donors (Lipinski definition) is 1. The van der Waals surface area contributed by atoms with E-state index in [-0.39, 0.29) is 5.82 Å². The minimum Gasteiger partial charge on any atom is -0.481 e. The van der Waals surface area contributed by atoms with Crippen molar-refractivity contribution in [2.24, 2.45) is 0 Å². The Morgan fingerprint density at radius 2 is 1.88 bits per heavy atom. The molecule has 0 aliphatic rings. The Labute approximate surface area is 103 Å². The molecule has 2 N–H and O–H groups in total. The first-order valence-electron chi connectivity index (χ1n) is 4.93. The van der Waals surface area contributed by atoms with Crippen molar-refractivity contribution in [3.63, 3.8) is 0 Å². The van der Waals surface area contributed by atoms with Gasteiger partial charge in [0, 0.05) is 11.0 Å². The van der Waals surface area contributed by atoms with Gasteiger partial charge in [0.15, 0.2) is 0 Å². The van der Waals surface area contributed by atoms with E-state index >= 15 is 0 Å². The molecule has 3 nitrogen and oxygen atoms in total. The van der Waals surface area contributed by atoms with Crippen LogP contribution in [0.1, 0.15) is 0 Å². The highest BCUT2D eigenvalue weighted by molar-refractivity contribution is 7.99. The zero-order chi connectivity index (χ0) is 12.3. The number of nitrogens with two attached hydrogens (primary N) is 1. The number of halogens is 1. The van der Waals surface area contributed by atoms with Crippen LogP contribution in [-0.2, 0) is 0 Å². The molecule has 0 aliphatic heterocycles. The summed E-state index contributed by atoms with van der Waals surface area (Å²) in [4.78, 5) is 5.10. The van der Waals surface area contributed by atoms with Crippen LogP contribution in [0.4, 0.5) is 10.1 Å². The highest BCUT2D eigenvalue weighted by Crippen LogP contribution is 2.31. The third-order valence-electron chi connectivity index (χ3n) is 2.10. The van der Waals surface area contributed by atoms with E-state index in [0.717, 1.165) is 4.90 Å². The number of nitrogen functional groups attached to an aromatic ring is 1. The van der Waals surface area contributed by atoms with Crippen molar-refractivity contribution < 1.29 is 9.13 Å². The first kappa shape index (κ1) is 11.7. The summed E-state index contributed by atoms with van der Waals surface area (Å²) in [6, 6.07) is 9.60. The van der Waals surface area contributed by atoms with Crippen LogP contribution >= 0.6 is 11.8 Å². The van der Waals surface area contributed by atoms with Crippen LogP contribution in [0.15, 0.2) is 46.3 Å². The number of ether oxygens (including phenoxy) is 1. The normalized spacial score (nSPS) is 10.2. The number of methoxy groups -OCH3 is 1. The van der Waals surface area contributed by atoms with Gasteiger partial charge in [-0.05, 0) is 30.3 Å². The van der Waals surface area contributed by atoms with Crippen molar-refractivity contribution in [1.82, 2.24) is 4.98 Å². The van der Waals surface area contributed by atoms with Crippen LogP contribution < -0.4 is 10.5 Å². The number of aromatic nitrogens is 1. The van der Waals surface area contributed by atoms with E-state index in [4.69, 9.17) is 10.5 Å². The van der Waals surface area contributed by atoms with Gasteiger partial charge in [0.2, 0.25) is 5.88 Å². The van der Waals surface area contributed by atoms with Gasteiger partial charge < -0.3 is 10.5 Å². The zero-order valence-electron chi connectivity index (χ0n) is 9.18. The summed E-state index contributed by atoms with van der Waals surface area (Å²) in [5.41, 5.74) is 6.38. The second kappa shape index (κ2) is 5.05. The standard InChI is InChI=1S/C12H11FN2OS/c1-16-11-7-6-10(14)12(15-11)17-9-4-2-8(13)3-5-9/h2-7H,14H2,1H3. The van der Waals surface area contributed by atoms with Crippen molar-refractivity contribution in [2.45, 2.75) is 9.92 Å². The van der Waals surface area contributed by atoms with Crippen LogP contribution in [0.5, 0.6) is 5.88 Å². The highest BCUT2D eigenvalue weighted by atomic mass is 32.2. The summed E-state index contributed by atoms with van der Waals surface area (Å²) in [6.07, 6.45) is 0. The molecule has 2 rings (SSSR count). The summed E-state index contributed by atoms with van der Waals surface area (Å²) in [5.74, 6) is 0.240. The Morgan fingerprint density at radius 1 is 1.18 bits per heavy atom. The van der Waals surface area contributed by atoms with Crippen LogP contribution in [0.2, 0.25) is 0 Å². The summed E-state index contributed by atoms with van der Waals surface area (Å²) >= 11 is 1.37. The van der Waals surface area contributed by atoms with Gasteiger partial charge in [0.05, 0.1) is 12.8 Å². The van der Waals surface area contributed by atoms with Crippen molar-refractivity contribution in [3.05, 3.63) is 42.2 Å². The SMILES string of the molecule is COc1ccc(N)c(Sc2ccc(F)cc2)n1. The third-order valence-corrected chi connectivity index (χ3v) is 3.13. The first-order chi connectivity index (χ1) is 8.19. The summed E-state index contributed by atoms with van der Waals surface area (Å²) in [5, 5.41) is 0.649. The predicted molar refractivity (Wildman–Crippen MR) is 65.7 cm³/mol. The highest BCUT2D eigenvalue weighted by Gasteiger charge is 2.05. The molecule has 0 radical (unpaired) electrons. The Bertz CT molecular complexity index is 516. The Hall–Kier alpha value is -1.75. The largest absolute Gasteiger partial charge is 0.481 e. The molecule has 2 aromatic rings. The van der Waals surface area contributed by atoms with Crippen molar-refractivity contribution in [1.29, 1.82) is 0 Å². The van der Waals surface area contributed by atoms with Crippen LogP contribution in [0.3, 0.4) is 0 Å². The van der Waals surface area contributed by atoms with E-state index < -0.39 is 0 Å². The zero-order valence-corrected chi connectivity index (χ0v) is 10.00.